The van der Waals surface area contributed by atoms with Gasteiger partial charge in [0.1, 0.15) is 0 Å². The Morgan fingerprint density at radius 1 is 1.23 bits per heavy atom. The van der Waals surface area contributed by atoms with E-state index in [2.05, 4.69) is 10.2 Å². The van der Waals surface area contributed by atoms with Crippen molar-refractivity contribution in [2.75, 3.05) is 59.1 Å². The molecule has 0 spiro atoms. The molecule has 3 aliphatic heterocycles. The van der Waals surface area contributed by atoms with Crippen LogP contribution >= 0.6 is 0 Å². The first-order valence-corrected chi connectivity index (χ1v) is 8.75. The van der Waals surface area contributed by atoms with Gasteiger partial charge in [-0.3, -0.25) is 9.69 Å². The number of hydrogen-bond donors (Lipinski definition) is 1. The van der Waals surface area contributed by atoms with Crippen LogP contribution < -0.4 is 5.32 Å². The van der Waals surface area contributed by atoms with Crippen molar-refractivity contribution in [1.29, 1.82) is 0 Å². The van der Waals surface area contributed by atoms with Gasteiger partial charge in [0, 0.05) is 51.9 Å². The summed E-state index contributed by atoms with van der Waals surface area (Å²) in [5.74, 6) is 0.241. The van der Waals surface area contributed by atoms with Crippen LogP contribution in [-0.2, 0) is 14.3 Å². The van der Waals surface area contributed by atoms with E-state index in [-0.39, 0.29) is 12.0 Å². The van der Waals surface area contributed by atoms with E-state index in [1.54, 1.807) is 0 Å². The molecule has 0 bridgehead atoms. The lowest BCUT2D eigenvalue weighted by molar-refractivity contribution is -0.131. The van der Waals surface area contributed by atoms with Crippen molar-refractivity contribution in [1.82, 2.24) is 15.1 Å². The molecule has 1 amide bonds. The average Bonchev–Trinajstić information content (AvgIpc) is 3.24. The fourth-order valence-corrected chi connectivity index (χ4v) is 3.62. The Bertz CT molecular complexity index is 355. The Hall–Kier alpha value is -0.690. The highest BCUT2D eigenvalue weighted by Gasteiger charge is 2.30. The average molecular weight is 311 g/mol. The highest BCUT2D eigenvalue weighted by molar-refractivity contribution is 5.76. The molecule has 0 aliphatic carbocycles. The number of nitrogens with zero attached hydrogens (tertiary/aromatic N) is 2. The van der Waals surface area contributed by atoms with Crippen LogP contribution in [0.4, 0.5) is 0 Å². The molecule has 1 N–H and O–H groups in total. The van der Waals surface area contributed by atoms with E-state index >= 15 is 0 Å². The molecule has 0 aromatic carbocycles. The van der Waals surface area contributed by atoms with Crippen molar-refractivity contribution < 1.29 is 14.3 Å². The summed E-state index contributed by atoms with van der Waals surface area (Å²) in [6, 6.07) is 0.554. The number of amides is 1. The van der Waals surface area contributed by atoms with E-state index in [1.807, 2.05) is 4.90 Å². The fourth-order valence-electron chi connectivity index (χ4n) is 3.62. The molecule has 6 heteroatoms. The number of likely N-dealkylation sites (tertiary alicyclic amines) is 1. The Labute approximate surface area is 133 Å². The smallest absolute Gasteiger partial charge is 0.224 e. The van der Waals surface area contributed by atoms with Crippen molar-refractivity contribution in [3.05, 3.63) is 0 Å². The monoisotopic (exact) mass is 311 g/mol. The van der Waals surface area contributed by atoms with E-state index < -0.39 is 0 Å². The van der Waals surface area contributed by atoms with Gasteiger partial charge in [-0.1, -0.05) is 0 Å². The second kappa shape index (κ2) is 8.24. The molecule has 0 aromatic rings. The number of nitrogens with one attached hydrogen (secondary N) is 1. The van der Waals surface area contributed by atoms with Crippen LogP contribution in [0.2, 0.25) is 0 Å². The predicted octanol–water partition coefficient (Wildman–Crippen LogP) is 0.0782. The normalized spacial score (nSPS) is 30.1. The predicted molar refractivity (Wildman–Crippen MR) is 83.8 cm³/mol. The summed E-state index contributed by atoms with van der Waals surface area (Å²) in [5, 5.41) is 3.38. The SMILES string of the molecule is O=C(CCOCC1CCCO1)N1CCC(N2CCNCC2)C1. The molecule has 3 aliphatic rings. The third-order valence-electron chi connectivity index (χ3n) is 4.97. The zero-order valence-corrected chi connectivity index (χ0v) is 13.5. The maximum atomic E-state index is 12.3. The van der Waals surface area contributed by atoms with Gasteiger partial charge in [0.2, 0.25) is 5.91 Å². The number of carbonyl (C=O) groups excluding carboxylic acids is 1. The van der Waals surface area contributed by atoms with Crippen molar-refractivity contribution in [2.45, 2.75) is 37.8 Å². The molecule has 0 aromatic heterocycles. The summed E-state index contributed by atoms with van der Waals surface area (Å²) in [4.78, 5) is 16.8. The van der Waals surface area contributed by atoms with Gasteiger partial charge in [-0.2, -0.15) is 0 Å². The minimum Gasteiger partial charge on any atom is -0.378 e. The number of hydrogen-bond acceptors (Lipinski definition) is 5. The molecular weight excluding hydrogens is 282 g/mol. The third-order valence-corrected chi connectivity index (χ3v) is 4.97. The van der Waals surface area contributed by atoms with Crippen LogP contribution in [-0.4, -0.2) is 86.9 Å². The standard InChI is InChI=1S/C16H29N3O3/c20-16(4-11-21-13-15-2-1-10-22-15)19-7-3-14(12-19)18-8-5-17-6-9-18/h14-15,17H,1-13H2. The van der Waals surface area contributed by atoms with Crippen LogP contribution in [0.3, 0.4) is 0 Å². The van der Waals surface area contributed by atoms with E-state index in [0.29, 0.717) is 25.7 Å². The van der Waals surface area contributed by atoms with Gasteiger partial charge in [-0.05, 0) is 19.3 Å². The number of carbonyl (C=O) groups is 1. The van der Waals surface area contributed by atoms with E-state index in [9.17, 15) is 4.79 Å². The molecule has 126 valence electrons. The first kappa shape index (κ1) is 16.2. The summed E-state index contributed by atoms with van der Waals surface area (Å²) < 4.78 is 11.1. The van der Waals surface area contributed by atoms with Crippen LogP contribution in [0.1, 0.15) is 25.7 Å². The van der Waals surface area contributed by atoms with Gasteiger partial charge in [0.25, 0.3) is 0 Å². The lowest BCUT2D eigenvalue weighted by atomic mass is 10.2. The van der Waals surface area contributed by atoms with Gasteiger partial charge < -0.3 is 19.7 Å². The number of ether oxygens (including phenoxy) is 2. The lowest BCUT2D eigenvalue weighted by Gasteiger charge is -2.32. The van der Waals surface area contributed by atoms with Gasteiger partial charge in [-0.15, -0.1) is 0 Å². The molecule has 6 nitrogen and oxygen atoms in total. The van der Waals surface area contributed by atoms with Crippen LogP contribution in [0.25, 0.3) is 0 Å². The molecule has 3 rings (SSSR count). The summed E-state index contributed by atoms with van der Waals surface area (Å²) >= 11 is 0. The van der Waals surface area contributed by atoms with Crippen molar-refractivity contribution in [3.63, 3.8) is 0 Å². The van der Waals surface area contributed by atoms with Crippen molar-refractivity contribution in [3.8, 4) is 0 Å². The maximum Gasteiger partial charge on any atom is 0.224 e. The summed E-state index contributed by atoms with van der Waals surface area (Å²) in [6.45, 7) is 8.17. The van der Waals surface area contributed by atoms with Gasteiger partial charge >= 0.3 is 0 Å². The topological polar surface area (TPSA) is 54.0 Å². The molecule has 0 radical (unpaired) electrons. The highest BCUT2D eigenvalue weighted by atomic mass is 16.5. The minimum atomic E-state index is 0.241. The molecule has 2 unspecified atom stereocenters. The van der Waals surface area contributed by atoms with E-state index in [1.165, 1.54) is 0 Å². The molecule has 3 saturated heterocycles. The summed E-state index contributed by atoms with van der Waals surface area (Å²) in [7, 11) is 0. The zero-order valence-electron chi connectivity index (χ0n) is 13.5. The third kappa shape index (κ3) is 4.41. The Morgan fingerprint density at radius 3 is 2.86 bits per heavy atom. The number of rotatable bonds is 6. The highest BCUT2D eigenvalue weighted by Crippen LogP contribution is 2.17. The van der Waals surface area contributed by atoms with Crippen LogP contribution in [0.5, 0.6) is 0 Å². The summed E-state index contributed by atoms with van der Waals surface area (Å²) in [5.41, 5.74) is 0. The largest absolute Gasteiger partial charge is 0.378 e. The first-order chi connectivity index (χ1) is 10.8. The van der Waals surface area contributed by atoms with E-state index in [0.717, 1.165) is 65.1 Å². The van der Waals surface area contributed by atoms with Gasteiger partial charge in [0.15, 0.2) is 0 Å². The fraction of sp³-hybridized carbons (Fsp3) is 0.938. The second-order valence-electron chi connectivity index (χ2n) is 6.53. The van der Waals surface area contributed by atoms with Gasteiger partial charge in [0.05, 0.1) is 25.7 Å². The Morgan fingerprint density at radius 2 is 2.09 bits per heavy atom. The second-order valence-corrected chi connectivity index (χ2v) is 6.53. The van der Waals surface area contributed by atoms with Crippen LogP contribution in [0.15, 0.2) is 0 Å². The first-order valence-electron chi connectivity index (χ1n) is 8.75. The maximum absolute atomic E-state index is 12.3. The van der Waals surface area contributed by atoms with E-state index in [4.69, 9.17) is 9.47 Å². The molecule has 22 heavy (non-hydrogen) atoms. The molecule has 3 heterocycles. The zero-order chi connectivity index (χ0) is 15.2. The minimum absolute atomic E-state index is 0.241. The molecule has 3 fully saturated rings. The quantitative estimate of drug-likeness (QED) is 0.704. The summed E-state index contributed by atoms with van der Waals surface area (Å²) in [6.07, 6.45) is 4.09. The number of piperazine rings is 1. The molecule has 2 atom stereocenters. The lowest BCUT2D eigenvalue weighted by Crippen LogP contribution is -2.49. The Kier molecular flexibility index (Phi) is 6.06. The molecule has 0 saturated carbocycles. The van der Waals surface area contributed by atoms with Gasteiger partial charge in [-0.25, -0.2) is 0 Å². The Balaban J connectivity index is 1.30. The molecular formula is C16H29N3O3. The van der Waals surface area contributed by atoms with Crippen molar-refractivity contribution in [2.24, 2.45) is 0 Å². The van der Waals surface area contributed by atoms with Crippen LogP contribution in [0, 0.1) is 0 Å². The van der Waals surface area contributed by atoms with Crippen molar-refractivity contribution >= 4 is 5.91 Å².